The highest BCUT2D eigenvalue weighted by atomic mass is 79.9. The summed E-state index contributed by atoms with van der Waals surface area (Å²) in [6, 6.07) is 8.35. The molecule has 0 N–H and O–H groups in total. The molecule has 1 saturated carbocycles. The van der Waals surface area contributed by atoms with Gasteiger partial charge in [-0.15, -0.1) is 11.3 Å². The Morgan fingerprint density at radius 1 is 1.29 bits per heavy atom. The van der Waals surface area contributed by atoms with E-state index in [1.165, 1.54) is 17.0 Å². The van der Waals surface area contributed by atoms with Crippen LogP contribution in [-0.2, 0) is 0 Å². The van der Waals surface area contributed by atoms with Crippen LogP contribution in [0.4, 0.5) is 0 Å². The highest BCUT2D eigenvalue weighted by Gasteiger charge is 2.48. The molecular weight excluding hydrogens is 294 g/mol. The number of halogens is 1. The van der Waals surface area contributed by atoms with Crippen molar-refractivity contribution >= 4 is 27.3 Å². The highest BCUT2D eigenvalue weighted by molar-refractivity contribution is 9.10. The number of rotatable bonds is 2. The third-order valence-corrected chi connectivity index (χ3v) is 4.96. The van der Waals surface area contributed by atoms with E-state index in [1.54, 1.807) is 11.3 Å². The van der Waals surface area contributed by atoms with Gasteiger partial charge in [0.25, 0.3) is 0 Å². The summed E-state index contributed by atoms with van der Waals surface area (Å²) in [5, 5.41) is 3.47. The van der Waals surface area contributed by atoms with Crippen LogP contribution >= 0.6 is 27.3 Å². The van der Waals surface area contributed by atoms with Crippen molar-refractivity contribution in [3.05, 3.63) is 39.1 Å². The van der Waals surface area contributed by atoms with Crippen molar-refractivity contribution in [2.24, 2.45) is 5.41 Å². The molecular formula is C14H14BrNS. The van der Waals surface area contributed by atoms with Crippen LogP contribution in [0.1, 0.15) is 31.2 Å². The number of hydrogen-bond acceptors (Lipinski definition) is 2. The molecule has 0 bridgehead atoms. The lowest BCUT2D eigenvalue weighted by atomic mass is 10.1. The lowest BCUT2D eigenvalue weighted by Gasteiger charge is -1.99. The Labute approximate surface area is 114 Å². The van der Waals surface area contributed by atoms with E-state index in [2.05, 4.69) is 59.4 Å². The average molecular weight is 308 g/mol. The maximum absolute atomic E-state index is 4.77. The fourth-order valence-corrected chi connectivity index (χ4v) is 3.49. The third kappa shape index (κ3) is 2.18. The Kier molecular flexibility index (Phi) is 2.64. The fraction of sp³-hybridized carbons (Fsp3) is 0.357. The molecule has 0 radical (unpaired) electrons. The molecule has 1 aliphatic carbocycles. The number of thiazole rings is 1. The maximum Gasteiger partial charge on any atom is 0.0969 e. The average Bonchev–Trinajstić information content (AvgIpc) is 2.76. The van der Waals surface area contributed by atoms with Crippen LogP contribution in [0.3, 0.4) is 0 Å². The molecule has 3 rings (SSSR count). The number of benzene rings is 1. The predicted octanol–water partition coefficient (Wildman–Crippen LogP) is 5.09. The Hall–Kier alpha value is -0.670. The minimum Gasteiger partial charge on any atom is -0.241 e. The van der Waals surface area contributed by atoms with E-state index in [-0.39, 0.29) is 0 Å². The molecule has 17 heavy (non-hydrogen) atoms. The molecule has 3 heteroatoms. The molecule has 0 spiro atoms. The predicted molar refractivity (Wildman–Crippen MR) is 76.4 cm³/mol. The first kappa shape index (κ1) is 11.4. The van der Waals surface area contributed by atoms with Gasteiger partial charge in [0, 0.05) is 21.3 Å². The SMILES string of the molecule is CC1(C)CC1c1nc(-c2ccc(Br)cc2)cs1. The van der Waals surface area contributed by atoms with Gasteiger partial charge in [0.15, 0.2) is 0 Å². The number of hydrogen-bond donors (Lipinski definition) is 0. The largest absolute Gasteiger partial charge is 0.241 e. The minimum atomic E-state index is 0.467. The van der Waals surface area contributed by atoms with Crippen molar-refractivity contribution in [2.75, 3.05) is 0 Å². The molecule has 2 aromatic rings. The normalized spacial score (nSPS) is 21.5. The van der Waals surface area contributed by atoms with E-state index in [9.17, 15) is 0 Å². The van der Waals surface area contributed by atoms with E-state index in [1.807, 2.05) is 0 Å². The van der Waals surface area contributed by atoms with Crippen molar-refractivity contribution < 1.29 is 0 Å². The van der Waals surface area contributed by atoms with Gasteiger partial charge in [-0.2, -0.15) is 0 Å². The van der Waals surface area contributed by atoms with Gasteiger partial charge in [-0.25, -0.2) is 4.98 Å². The van der Waals surface area contributed by atoms with Crippen LogP contribution in [0, 0.1) is 5.41 Å². The first-order chi connectivity index (χ1) is 8.06. The Morgan fingerprint density at radius 2 is 1.94 bits per heavy atom. The summed E-state index contributed by atoms with van der Waals surface area (Å²) >= 11 is 5.25. The topological polar surface area (TPSA) is 12.9 Å². The quantitative estimate of drug-likeness (QED) is 0.753. The van der Waals surface area contributed by atoms with Crippen molar-refractivity contribution in [3.8, 4) is 11.3 Å². The van der Waals surface area contributed by atoms with Crippen molar-refractivity contribution in [3.63, 3.8) is 0 Å². The first-order valence-corrected chi connectivity index (χ1v) is 7.45. The molecule has 0 aliphatic heterocycles. The van der Waals surface area contributed by atoms with E-state index >= 15 is 0 Å². The van der Waals surface area contributed by atoms with Crippen molar-refractivity contribution in [1.82, 2.24) is 4.98 Å². The molecule has 0 saturated heterocycles. The number of nitrogens with zero attached hydrogens (tertiary/aromatic N) is 1. The molecule has 1 nitrogen and oxygen atoms in total. The van der Waals surface area contributed by atoms with Gasteiger partial charge >= 0.3 is 0 Å². The van der Waals surface area contributed by atoms with Crippen LogP contribution in [0.15, 0.2) is 34.1 Å². The third-order valence-electron chi connectivity index (χ3n) is 3.47. The summed E-state index contributed by atoms with van der Waals surface area (Å²) in [4.78, 5) is 4.77. The van der Waals surface area contributed by atoms with Gasteiger partial charge < -0.3 is 0 Å². The zero-order valence-corrected chi connectivity index (χ0v) is 12.3. The van der Waals surface area contributed by atoms with Crippen LogP contribution in [-0.4, -0.2) is 4.98 Å². The van der Waals surface area contributed by atoms with Gasteiger partial charge in [0.05, 0.1) is 10.7 Å². The second-order valence-electron chi connectivity index (χ2n) is 5.32. The molecule has 1 aliphatic rings. The van der Waals surface area contributed by atoms with Crippen LogP contribution in [0.5, 0.6) is 0 Å². The summed E-state index contributed by atoms with van der Waals surface area (Å²) < 4.78 is 1.11. The summed E-state index contributed by atoms with van der Waals surface area (Å²) in [5.74, 6) is 0.677. The van der Waals surface area contributed by atoms with Crippen LogP contribution in [0.2, 0.25) is 0 Å². The molecule has 1 heterocycles. The molecule has 0 amide bonds. The van der Waals surface area contributed by atoms with Gasteiger partial charge in [-0.05, 0) is 24.0 Å². The van der Waals surface area contributed by atoms with Crippen molar-refractivity contribution in [1.29, 1.82) is 0 Å². The zero-order valence-electron chi connectivity index (χ0n) is 9.90. The molecule has 1 aromatic heterocycles. The smallest absolute Gasteiger partial charge is 0.0969 e. The van der Waals surface area contributed by atoms with Gasteiger partial charge in [-0.1, -0.05) is 41.9 Å². The molecule has 1 aromatic carbocycles. The zero-order chi connectivity index (χ0) is 12.0. The van der Waals surface area contributed by atoms with Gasteiger partial charge in [0.2, 0.25) is 0 Å². The van der Waals surface area contributed by atoms with E-state index < -0.39 is 0 Å². The second kappa shape index (κ2) is 3.92. The summed E-state index contributed by atoms with van der Waals surface area (Å²) in [6.07, 6.45) is 1.28. The summed E-state index contributed by atoms with van der Waals surface area (Å²) in [7, 11) is 0. The lowest BCUT2D eigenvalue weighted by molar-refractivity contribution is 0.620. The minimum absolute atomic E-state index is 0.467. The Morgan fingerprint density at radius 3 is 2.53 bits per heavy atom. The van der Waals surface area contributed by atoms with E-state index in [0.717, 1.165) is 10.2 Å². The highest BCUT2D eigenvalue weighted by Crippen LogP contribution is 2.59. The van der Waals surface area contributed by atoms with E-state index in [0.29, 0.717) is 11.3 Å². The summed E-state index contributed by atoms with van der Waals surface area (Å²) in [6.45, 7) is 4.64. The molecule has 1 fully saturated rings. The van der Waals surface area contributed by atoms with E-state index in [4.69, 9.17) is 4.98 Å². The summed E-state index contributed by atoms with van der Waals surface area (Å²) in [5.41, 5.74) is 2.78. The monoisotopic (exact) mass is 307 g/mol. The molecule has 1 unspecified atom stereocenters. The maximum atomic E-state index is 4.77. The standard InChI is InChI=1S/C14H14BrNS/c1-14(2)7-11(14)13-16-12(8-17-13)9-3-5-10(15)6-4-9/h3-6,8,11H,7H2,1-2H3. The second-order valence-corrected chi connectivity index (χ2v) is 7.13. The molecule has 88 valence electrons. The van der Waals surface area contributed by atoms with Crippen LogP contribution < -0.4 is 0 Å². The first-order valence-electron chi connectivity index (χ1n) is 5.78. The van der Waals surface area contributed by atoms with Crippen LogP contribution in [0.25, 0.3) is 11.3 Å². The number of aromatic nitrogens is 1. The fourth-order valence-electron chi connectivity index (χ4n) is 2.09. The Balaban J connectivity index is 1.88. The Bertz CT molecular complexity index is 542. The molecule has 1 atom stereocenters. The lowest BCUT2D eigenvalue weighted by Crippen LogP contribution is -1.89. The van der Waals surface area contributed by atoms with Gasteiger partial charge in [0.1, 0.15) is 0 Å². The van der Waals surface area contributed by atoms with Gasteiger partial charge in [-0.3, -0.25) is 0 Å². The van der Waals surface area contributed by atoms with Crippen molar-refractivity contribution in [2.45, 2.75) is 26.2 Å².